The zero-order chi connectivity index (χ0) is 26.6. The van der Waals surface area contributed by atoms with E-state index in [1.54, 1.807) is 25.1 Å². The number of esters is 2. The highest BCUT2D eigenvalue weighted by Gasteiger charge is 2.05. The van der Waals surface area contributed by atoms with Gasteiger partial charge in [0.25, 0.3) is 0 Å². The SMILES string of the molecule is C=CC(=O)Oc1ccc(C=Cc2ccc(C=Cc3ccc(OCCOC(=O)C(=C)C)cc3)cc2)c(F)c1. The van der Waals surface area contributed by atoms with Gasteiger partial charge in [-0.1, -0.05) is 73.9 Å². The Balaban J connectivity index is 1.51. The summed E-state index contributed by atoms with van der Waals surface area (Å²) in [6, 6.07) is 19.6. The Kier molecular flexibility index (Phi) is 9.74. The molecular formula is C31H27FO5. The van der Waals surface area contributed by atoms with Crippen molar-refractivity contribution >= 4 is 36.2 Å². The van der Waals surface area contributed by atoms with E-state index in [0.29, 0.717) is 16.9 Å². The van der Waals surface area contributed by atoms with E-state index in [1.165, 1.54) is 6.07 Å². The summed E-state index contributed by atoms with van der Waals surface area (Å²) in [5.41, 5.74) is 3.66. The summed E-state index contributed by atoms with van der Waals surface area (Å²) in [4.78, 5) is 22.6. The van der Waals surface area contributed by atoms with Gasteiger partial charge in [0.05, 0.1) is 0 Å². The van der Waals surface area contributed by atoms with Crippen LogP contribution < -0.4 is 9.47 Å². The molecule has 0 aliphatic heterocycles. The van der Waals surface area contributed by atoms with Gasteiger partial charge >= 0.3 is 11.9 Å². The van der Waals surface area contributed by atoms with Crippen molar-refractivity contribution in [2.24, 2.45) is 0 Å². The molecule has 0 spiro atoms. The van der Waals surface area contributed by atoms with Gasteiger partial charge in [-0.05, 0) is 47.9 Å². The fraction of sp³-hybridized carbons (Fsp3) is 0.0968. The van der Waals surface area contributed by atoms with E-state index in [4.69, 9.17) is 14.2 Å². The molecule has 5 nitrogen and oxygen atoms in total. The lowest BCUT2D eigenvalue weighted by Crippen LogP contribution is -2.12. The van der Waals surface area contributed by atoms with Crippen LogP contribution in [0.2, 0.25) is 0 Å². The molecule has 6 heteroatoms. The van der Waals surface area contributed by atoms with Crippen molar-refractivity contribution < 1.29 is 28.2 Å². The van der Waals surface area contributed by atoms with Crippen molar-refractivity contribution in [1.29, 1.82) is 0 Å². The van der Waals surface area contributed by atoms with Gasteiger partial charge in [0.15, 0.2) is 0 Å². The Morgan fingerprint density at radius 2 is 1.35 bits per heavy atom. The molecule has 3 aromatic rings. The summed E-state index contributed by atoms with van der Waals surface area (Å²) in [5.74, 6) is -0.753. The third kappa shape index (κ3) is 8.78. The van der Waals surface area contributed by atoms with Crippen molar-refractivity contribution in [3.05, 3.63) is 120 Å². The van der Waals surface area contributed by atoms with Gasteiger partial charge < -0.3 is 14.2 Å². The molecule has 0 bridgehead atoms. The van der Waals surface area contributed by atoms with E-state index in [2.05, 4.69) is 13.2 Å². The van der Waals surface area contributed by atoms with Crippen molar-refractivity contribution in [3.63, 3.8) is 0 Å². The lowest BCUT2D eigenvalue weighted by Gasteiger charge is -2.07. The number of carbonyl (C=O) groups is 2. The van der Waals surface area contributed by atoms with E-state index in [0.717, 1.165) is 28.8 Å². The zero-order valence-corrected chi connectivity index (χ0v) is 20.5. The Bertz CT molecular complexity index is 1320. The summed E-state index contributed by atoms with van der Waals surface area (Å²) in [6.45, 7) is 8.86. The number of benzene rings is 3. The smallest absolute Gasteiger partial charge is 0.335 e. The Morgan fingerprint density at radius 3 is 1.89 bits per heavy atom. The number of rotatable bonds is 11. The summed E-state index contributed by atoms with van der Waals surface area (Å²) in [6.07, 6.45) is 8.46. The standard InChI is InChI=1S/C31H27FO5/c1-4-30(33)37-28-18-15-26(29(32)21-28)14-11-24-8-5-23(6-9-24)7-10-25-12-16-27(17-13-25)35-19-20-36-31(34)22(2)3/h4-18,21H,1-2,19-20H2,3H3. The molecule has 0 atom stereocenters. The van der Waals surface area contributed by atoms with Crippen molar-refractivity contribution in [2.75, 3.05) is 13.2 Å². The third-order valence-corrected chi connectivity index (χ3v) is 5.03. The minimum atomic E-state index is -0.640. The van der Waals surface area contributed by atoms with Crippen LogP contribution >= 0.6 is 0 Å². The van der Waals surface area contributed by atoms with Crippen molar-refractivity contribution in [1.82, 2.24) is 0 Å². The van der Waals surface area contributed by atoms with Crippen LogP contribution in [-0.2, 0) is 14.3 Å². The van der Waals surface area contributed by atoms with Crippen LogP contribution in [0.5, 0.6) is 11.5 Å². The first-order valence-electron chi connectivity index (χ1n) is 11.5. The molecule has 0 heterocycles. The molecular weight excluding hydrogens is 471 g/mol. The second-order valence-electron chi connectivity index (χ2n) is 7.98. The average Bonchev–Trinajstić information content (AvgIpc) is 2.90. The Hall–Kier alpha value is -4.71. The largest absolute Gasteiger partial charge is 0.490 e. The summed E-state index contributed by atoms with van der Waals surface area (Å²) in [7, 11) is 0. The molecule has 0 saturated carbocycles. The van der Waals surface area contributed by atoms with E-state index in [-0.39, 0.29) is 19.0 Å². The van der Waals surface area contributed by atoms with Crippen LogP contribution in [0.1, 0.15) is 29.2 Å². The Morgan fingerprint density at radius 1 is 0.811 bits per heavy atom. The van der Waals surface area contributed by atoms with Crippen molar-refractivity contribution in [2.45, 2.75) is 6.92 Å². The number of hydrogen-bond acceptors (Lipinski definition) is 5. The summed E-state index contributed by atoms with van der Waals surface area (Å²) >= 11 is 0. The molecule has 0 N–H and O–H groups in total. The predicted molar refractivity (Wildman–Crippen MR) is 144 cm³/mol. The molecule has 0 aromatic heterocycles. The van der Waals surface area contributed by atoms with Gasteiger partial charge in [-0.2, -0.15) is 0 Å². The minimum absolute atomic E-state index is 0.125. The highest BCUT2D eigenvalue weighted by atomic mass is 19.1. The molecule has 0 saturated heterocycles. The second-order valence-corrected chi connectivity index (χ2v) is 7.98. The summed E-state index contributed by atoms with van der Waals surface area (Å²) in [5, 5.41) is 0. The number of halogens is 1. The number of hydrogen-bond donors (Lipinski definition) is 0. The molecule has 188 valence electrons. The average molecular weight is 499 g/mol. The van der Waals surface area contributed by atoms with Gasteiger partial charge in [-0.15, -0.1) is 0 Å². The highest BCUT2D eigenvalue weighted by Crippen LogP contribution is 2.20. The third-order valence-electron chi connectivity index (χ3n) is 5.03. The molecule has 3 rings (SSSR count). The molecule has 0 unspecified atom stereocenters. The lowest BCUT2D eigenvalue weighted by molar-refractivity contribution is -0.139. The van der Waals surface area contributed by atoms with E-state index in [1.807, 2.05) is 60.7 Å². The first-order chi connectivity index (χ1) is 17.8. The fourth-order valence-electron chi connectivity index (χ4n) is 3.05. The quantitative estimate of drug-likeness (QED) is 0.0961. The monoisotopic (exact) mass is 498 g/mol. The van der Waals surface area contributed by atoms with Crippen LogP contribution in [-0.4, -0.2) is 25.2 Å². The number of ether oxygens (including phenoxy) is 3. The van der Waals surface area contributed by atoms with E-state index >= 15 is 0 Å². The van der Waals surface area contributed by atoms with Gasteiger partial charge in [0.2, 0.25) is 0 Å². The van der Waals surface area contributed by atoms with Crippen LogP contribution in [0, 0.1) is 5.82 Å². The molecule has 0 fully saturated rings. The fourth-order valence-corrected chi connectivity index (χ4v) is 3.05. The Labute approximate surface area is 215 Å². The molecule has 0 aliphatic carbocycles. The molecule has 0 radical (unpaired) electrons. The van der Waals surface area contributed by atoms with Crippen LogP contribution in [0.15, 0.2) is 91.5 Å². The first kappa shape index (κ1) is 26.9. The molecule has 37 heavy (non-hydrogen) atoms. The first-order valence-corrected chi connectivity index (χ1v) is 11.5. The molecule has 3 aromatic carbocycles. The number of carbonyl (C=O) groups excluding carboxylic acids is 2. The normalized spacial score (nSPS) is 10.9. The second kappa shape index (κ2) is 13.4. The summed E-state index contributed by atoms with van der Waals surface area (Å²) < 4.78 is 29.8. The maximum Gasteiger partial charge on any atom is 0.335 e. The topological polar surface area (TPSA) is 61.8 Å². The maximum absolute atomic E-state index is 14.3. The van der Waals surface area contributed by atoms with E-state index < -0.39 is 17.8 Å². The predicted octanol–water partition coefficient (Wildman–Crippen LogP) is 6.76. The van der Waals surface area contributed by atoms with Gasteiger partial charge in [-0.25, -0.2) is 14.0 Å². The lowest BCUT2D eigenvalue weighted by atomic mass is 10.1. The zero-order valence-electron chi connectivity index (χ0n) is 20.5. The van der Waals surface area contributed by atoms with Gasteiger partial charge in [0.1, 0.15) is 30.5 Å². The van der Waals surface area contributed by atoms with E-state index in [9.17, 15) is 14.0 Å². The van der Waals surface area contributed by atoms with Gasteiger partial charge in [-0.3, -0.25) is 0 Å². The van der Waals surface area contributed by atoms with Crippen molar-refractivity contribution in [3.8, 4) is 11.5 Å². The molecule has 0 amide bonds. The molecule has 0 aliphatic rings. The maximum atomic E-state index is 14.3. The van der Waals surface area contributed by atoms with Crippen LogP contribution in [0.25, 0.3) is 24.3 Å². The highest BCUT2D eigenvalue weighted by molar-refractivity contribution is 5.87. The minimum Gasteiger partial charge on any atom is -0.490 e. The van der Waals surface area contributed by atoms with Crippen LogP contribution in [0.3, 0.4) is 0 Å². The van der Waals surface area contributed by atoms with Crippen LogP contribution in [0.4, 0.5) is 4.39 Å². The van der Waals surface area contributed by atoms with Gasteiger partial charge in [0, 0.05) is 23.3 Å².